The smallest absolute Gasteiger partial charge is 0.258 e. The van der Waals surface area contributed by atoms with Crippen LogP contribution in [0.15, 0.2) is 59.9 Å². The van der Waals surface area contributed by atoms with Crippen LogP contribution in [0.5, 0.6) is 0 Å². The van der Waals surface area contributed by atoms with Crippen LogP contribution in [0, 0.1) is 5.92 Å². The van der Waals surface area contributed by atoms with Gasteiger partial charge in [-0.05, 0) is 43.0 Å². The number of para-hydroxylation sites is 1. The van der Waals surface area contributed by atoms with Crippen LogP contribution in [-0.2, 0) is 16.6 Å². The largest absolute Gasteiger partial charge is 0.391 e. The minimum atomic E-state index is -3.80. The second-order valence-electron chi connectivity index (χ2n) is 6.70. The fourth-order valence-electron chi connectivity index (χ4n) is 3.52. The molecule has 3 aromatic rings. The molecule has 8 heteroatoms. The lowest BCUT2D eigenvalue weighted by Crippen LogP contribution is -2.40. The predicted molar refractivity (Wildman–Crippen MR) is 96.8 cm³/mol. The zero-order chi connectivity index (χ0) is 18.1. The summed E-state index contributed by atoms with van der Waals surface area (Å²) in [5.74, 6) is 0.169. The highest BCUT2D eigenvalue weighted by molar-refractivity contribution is 7.89. The Balaban J connectivity index is 1.49. The molecule has 0 radical (unpaired) electrons. The molecule has 4 rings (SSSR count). The molecule has 1 saturated carbocycles. The van der Waals surface area contributed by atoms with E-state index in [2.05, 4.69) is 14.8 Å². The average molecular weight is 372 g/mol. The highest BCUT2D eigenvalue weighted by Crippen LogP contribution is 2.28. The maximum atomic E-state index is 12.7. The van der Waals surface area contributed by atoms with E-state index in [-0.39, 0.29) is 10.9 Å². The molecule has 3 atom stereocenters. The van der Waals surface area contributed by atoms with E-state index >= 15 is 0 Å². The molecule has 0 bridgehead atoms. The van der Waals surface area contributed by atoms with E-state index in [1.54, 1.807) is 23.0 Å². The maximum absolute atomic E-state index is 12.7. The van der Waals surface area contributed by atoms with Gasteiger partial charge in [-0.2, -0.15) is 5.10 Å². The molecule has 1 unspecified atom stereocenters. The third-order valence-electron chi connectivity index (χ3n) is 4.79. The van der Waals surface area contributed by atoms with E-state index in [1.165, 1.54) is 6.07 Å². The molecule has 26 heavy (non-hydrogen) atoms. The summed E-state index contributed by atoms with van der Waals surface area (Å²) in [7, 11) is -3.80. The quantitative estimate of drug-likeness (QED) is 0.708. The van der Waals surface area contributed by atoms with Crippen LogP contribution in [0.2, 0.25) is 0 Å². The van der Waals surface area contributed by atoms with Crippen LogP contribution in [0.1, 0.15) is 12.8 Å². The summed E-state index contributed by atoms with van der Waals surface area (Å²) in [6, 6.07) is 11.9. The fraction of sp³-hybridized carbons (Fsp3) is 0.333. The molecule has 2 aromatic heterocycles. The molecule has 7 nitrogen and oxygen atoms in total. The standard InChI is InChI=1S/C18H20N4O3S/c23-17-11-13(12-22-9-3-8-19-22)10-16(17)21-26(24,25)18-7-6-14-4-1-2-5-15(14)20-18/h1-9,13,16-17,21,23H,10-12H2/t13?,16-,17-/m1/s1. The molecule has 0 aliphatic heterocycles. The van der Waals surface area contributed by atoms with Crippen LogP contribution in [0.25, 0.3) is 10.9 Å². The van der Waals surface area contributed by atoms with Crippen molar-refractivity contribution in [2.75, 3.05) is 0 Å². The third kappa shape index (κ3) is 3.48. The van der Waals surface area contributed by atoms with E-state index in [0.29, 0.717) is 24.9 Å². The Morgan fingerprint density at radius 1 is 1.15 bits per heavy atom. The number of nitrogens with zero attached hydrogens (tertiary/aromatic N) is 3. The van der Waals surface area contributed by atoms with Crippen molar-refractivity contribution in [2.24, 2.45) is 5.92 Å². The van der Waals surface area contributed by atoms with E-state index in [9.17, 15) is 13.5 Å². The number of aliphatic hydroxyl groups excluding tert-OH is 1. The molecule has 136 valence electrons. The van der Waals surface area contributed by atoms with Crippen molar-refractivity contribution < 1.29 is 13.5 Å². The van der Waals surface area contributed by atoms with E-state index < -0.39 is 22.2 Å². The van der Waals surface area contributed by atoms with Crippen molar-refractivity contribution in [3.05, 3.63) is 54.9 Å². The minimum absolute atomic E-state index is 0.0288. The second kappa shape index (κ2) is 6.79. The second-order valence-corrected chi connectivity index (χ2v) is 8.36. The monoisotopic (exact) mass is 372 g/mol. The zero-order valence-electron chi connectivity index (χ0n) is 14.1. The highest BCUT2D eigenvalue weighted by atomic mass is 32.2. The van der Waals surface area contributed by atoms with Gasteiger partial charge < -0.3 is 5.11 Å². The van der Waals surface area contributed by atoms with Crippen LogP contribution in [-0.4, -0.2) is 40.4 Å². The summed E-state index contributed by atoms with van der Waals surface area (Å²) in [6.45, 7) is 0.663. The summed E-state index contributed by atoms with van der Waals surface area (Å²) in [4.78, 5) is 4.25. The van der Waals surface area contributed by atoms with Gasteiger partial charge in [-0.1, -0.05) is 18.2 Å². The molecule has 1 aromatic carbocycles. The molecule has 1 aliphatic carbocycles. The summed E-state index contributed by atoms with van der Waals surface area (Å²) in [5.41, 5.74) is 0.624. The SMILES string of the molecule is O=S(=O)(N[C@@H]1CC(Cn2cccn2)C[C@H]1O)c1ccc2ccccc2n1. The van der Waals surface area contributed by atoms with Gasteiger partial charge in [-0.25, -0.2) is 18.1 Å². The summed E-state index contributed by atoms with van der Waals surface area (Å²) < 4.78 is 29.8. The third-order valence-corrected chi connectivity index (χ3v) is 6.18. The normalized spacial score (nSPS) is 23.5. The first-order valence-corrected chi connectivity index (χ1v) is 10.0. The van der Waals surface area contributed by atoms with Crippen LogP contribution in [0.3, 0.4) is 0 Å². The molecule has 2 heterocycles. The number of pyridine rings is 1. The van der Waals surface area contributed by atoms with E-state index in [1.807, 2.05) is 30.5 Å². The van der Waals surface area contributed by atoms with Crippen molar-refractivity contribution >= 4 is 20.9 Å². The van der Waals surface area contributed by atoms with Crippen molar-refractivity contribution in [1.29, 1.82) is 0 Å². The first kappa shape index (κ1) is 17.1. The Labute approximate surface area is 151 Å². The summed E-state index contributed by atoms with van der Waals surface area (Å²) in [5, 5.41) is 15.3. The summed E-state index contributed by atoms with van der Waals surface area (Å²) >= 11 is 0. The van der Waals surface area contributed by atoms with Gasteiger partial charge in [0.05, 0.1) is 11.6 Å². The topological polar surface area (TPSA) is 97.1 Å². The Morgan fingerprint density at radius 2 is 2.00 bits per heavy atom. The first-order chi connectivity index (χ1) is 12.5. The van der Waals surface area contributed by atoms with Crippen molar-refractivity contribution in [3.63, 3.8) is 0 Å². The number of hydrogen-bond donors (Lipinski definition) is 2. The zero-order valence-corrected chi connectivity index (χ0v) is 14.9. The molecule has 1 fully saturated rings. The molecular weight excluding hydrogens is 352 g/mol. The molecule has 2 N–H and O–H groups in total. The van der Waals surface area contributed by atoms with Crippen LogP contribution < -0.4 is 4.72 Å². The van der Waals surface area contributed by atoms with E-state index in [0.717, 1.165) is 5.39 Å². The number of hydrogen-bond acceptors (Lipinski definition) is 5. The molecule has 0 saturated heterocycles. The Morgan fingerprint density at radius 3 is 2.81 bits per heavy atom. The van der Waals surface area contributed by atoms with Crippen LogP contribution >= 0.6 is 0 Å². The van der Waals surface area contributed by atoms with Gasteiger partial charge in [0.1, 0.15) is 0 Å². The number of rotatable bonds is 5. The Bertz CT molecular complexity index is 1000. The summed E-state index contributed by atoms with van der Waals surface area (Å²) in [6.07, 6.45) is 3.96. The number of sulfonamides is 1. The molecule has 0 spiro atoms. The van der Waals surface area contributed by atoms with Gasteiger partial charge in [0, 0.05) is 30.4 Å². The average Bonchev–Trinajstić information content (AvgIpc) is 3.24. The van der Waals surface area contributed by atoms with E-state index in [4.69, 9.17) is 0 Å². The Hall–Kier alpha value is -2.29. The molecule has 0 amide bonds. The highest BCUT2D eigenvalue weighted by Gasteiger charge is 2.36. The number of nitrogens with one attached hydrogen (secondary N) is 1. The molecular formula is C18H20N4O3S. The number of aromatic nitrogens is 3. The van der Waals surface area contributed by atoms with Crippen molar-refractivity contribution in [3.8, 4) is 0 Å². The predicted octanol–water partition coefficient (Wildman–Crippen LogP) is 1.55. The van der Waals surface area contributed by atoms with Crippen molar-refractivity contribution in [2.45, 2.75) is 36.6 Å². The number of fused-ring (bicyclic) bond motifs is 1. The van der Waals surface area contributed by atoms with Gasteiger partial charge in [0.25, 0.3) is 10.0 Å². The lowest BCUT2D eigenvalue weighted by Gasteiger charge is -2.16. The lowest BCUT2D eigenvalue weighted by molar-refractivity contribution is 0.154. The van der Waals surface area contributed by atoms with Crippen molar-refractivity contribution in [1.82, 2.24) is 19.5 Å². The minimum Gasteiger partial charge on any atom is -0.391 e. The maximum Gasteiger partial charge on any atom is 0.258 e. The molecule has 1 aliphatic rings. The van der Waals surface area contributed by atoms with Gasteiger partial charge in [-0.15, -0.1) is 0 Å². The lowest BCUT2D eigenvalue weighted by atomic mass is 10.1. The van der Waals surface area contributed by atoms with Gasteiger partial charge in [-0.3, -0.25) is 4.68 Å². The van der Waals surface area contributed by atoms with Crippen LogP contribution in [0.4, 0.5) is 0 Å². The number of aliphatic hydroxyl groups is 1. The van der Waals surface area contributed by atoms with Gasteiger partial charge >= 0.3 is 0 Å². The first-order valence-electron chi connectivity index (χ1n) is 8.55. The Kier molecular flexibility index (Phi) is 4.47. The fourth-order valence-corrected chi connectivity index (χ4v) is 4.76. The number of benzene rings is 1. The van der Waals surface area contributed by atoms with Gasteiger partial charge in [0.15, 0.2) is 5.03 Å². The van der Waals surface area contributed by atoms with Gasteiger partial charge in [0.2, 0.25) is 0 Å².